The number of aromatic nitrogens is 8. The highest BCUT2D eigenvalue weighted by molar-refractivity contribution is 8.01. The first kappa shape index (κ1) is 102. The zero-order chi connectivity index (χ0) is 97.5. The van der Waals surface area contributed by atoms with Gasteiger partial charge >= 0.3 is 11.9 Å². The topological polar surface area (TPSA) is 232 Å². The van der Waals surface area contributed by atoms with Gasteiger partial charge in [-0.05, 0) is 233 Å². The molecule has 8 aromatic heterocycles. The molecule has 135 heavy (non-hydrogen) atoms. The summed E-state index contributed by atoms with van der Waals surface area (Å²) < 4.78 is 60.5. The molecule has 1 atom stereocenters. The number of thioether (sulfide) groups is 2. The number of phenols is 1. The van der Waals surface area contributed by atoms with Gasteiger partial charge in [0.15, 0.2) is 0 Å². The number of fused-ring (bicyclic) bond motifs is 3. The summed E-state index contributed by atoms with van der Waals surface area (Å²) >= 11 is 3.59. The maximum Gasteiger partial charge on any atom is 0.311 e. The molecule has 1 unspecified atom stereocenters. The second kappa shape index (κ2) is 44.2. The average molecular weight is 1880 g/mol. The van der Waals surface area contributed by atoms with E-state index in [0.29, 0.717) is 109 Å². The molecule has 0 radical (unpaired) electrons. The lowest BCUT2D eigenvalue weighted by atomic mass is 9.84. The summed E-state index contributed by atoms with van der Waals surface area (Å²) in [6.07, 6.45) is 10.7. The van der Waals surface area contributed by atoms with Crippen LogP contribution in [0.25, 0.3) is 66.1 Å². The Morgan fingerprint density at radius 3 is 1.04 bits per heavy atom. The number of Topliss-reactive ketones (excluding diaryl/α,β-unsaturated/α-hetero) is 1. The van der Waals surface area contributed by atoms with E-state index in [2.05, 4.69) is 165 Å². The highest BCUT2D eigenvalue weighted by Crippen LogP contribution is 2.48. The molecule has 23 heteroatoms. The predicted molar refractivity (Wildman–Crippen MR) is 548 cm³/mol. The first-order chi connectivity index (χ1) is 64.0. The van der Waals surface area contributed by atoms with Crippen LogP contribution < -0.4 is 23.7 Å². The maximum atomic E-state index is 14.4. The summed E-state index contributed by atoms with van der Waals surface area (Å²) in [6.45, 7) is 51.1. The quantitative estimate of drug-likeness (QED) is 0.0287. The van der Waals surface area contributed by atoms with Crippen LogP contribution >= 0.6 is 23.5 Å². The molecule has 710 valence electrons. The zero-order valence-electron chi connectivity index (χ0n) is 82.7. The van der Waals surface area contributed by atoms with Crippen LogP contribution in [0, 0.1) is 30.1 Å². The van der Waals surface area contributed by atoms with Gasteiger partial charge in [-0.2, -0.15) is 0 Å². The zero-order valence-corrected chi connectivity index (χ0v) is 85.2. The van der Waals surface area contributed by atoms with Gasteiger partial charge < -0.3 is 52.0 Å². The van der Waals surface area contributed by atoms with Crippen LogP contribution in [-0.2, 0) is 86.8 Å². The van der Waals surface area contributed by atoms with E-state index in [1.807, 2.05) is 251 Å². The van der Waals surface area contributed by atoms with E-state index in [-0.39, 0.29) is 33.0 Å². The summed E-state index contributed by atoms with van der Waals surface area (Å²) in [4.78, 5) is 64.2. The minimum Gasteiger partial charge on any atom is -0.508 e. The van der Waals surface area contributed by atoms with Crippen molar-refractivity contribution in [2.45, 2.75) is 240 Å². The van der Waals surface area contributed by atoms with Crippen molar-refractivity contribution < 1.29 is 56.9 Å². The molecule has 0 aliphatic rings. The van der Waals surface area contributed by atoms with Crippen molar-refractivity contribution in [3.05, 3.63) is 275 Å². The number of nitrogens with zero attached hydrogens (tertiary/aromatic N) is 8. The molecule has 0 aliphatic heterocycles. The molecule has 6 aromatic carbocycles. The fraction of sp³-hybridized carbons (Fsp3) is 0.375. The molecule has 0 saturated heterocycles. The fourth-order valence-corrected chi connectivity index (χ4v) is 19.4. The maximum absolute atomic E-state index is 14.4. The van der Waals surface area contributed by atoms with Crippen LogP contribution in [0.1, 0.15) is 202 Å². The number of ketones is 1. The van der Waals surface area contributed by atoms with Gasteiger partial charge in [0.25, 0.3) is 0 Å². The smallest absolute Gasteiger partial charge is 0.311 e. The van der Waals surface area contributed by atoms with Crippen molar-refractivity contribution in [1.29, 1.82) is 0 Å². The number of ether oxygens (including phenoxy) is 7. The number of phenolic OH excluding ortho intramolecular Hbond substituents is 1. The van der Waals surface area contributed by atoms with Crippen molar-refractivity contribution >= 4 is 84.8 Å². The Morgan fingerprint density at radius 1 is 0.370 bits per heavy atom. The third kappa shape index (κ3) is 26.6. The van der Waals surface area contributed by atoms with E-state index in [0.717, 1.165) is 143 Å². The number of esters is 2. The Kier molecular flexibility index (Phi) is 33.3. The van der Waals surface area contributed by atoms with Crippen LogP contribution in [-0.4, -0.2) is 113 Å². The van der Waals surface area contributed by atoms with E-state index in [1.165, 1.54) is 0 Å². The molecule has 14 rings (SSSR count). The fourth-order valence-electron chi connectivity index (χ4n) is 15.6. The third-order valence-electron chi connectivity index (χ3n) is 23.0. The Labute approximate surface area is 808 Å². The van der Waals surface area contributed by atoms with E-state index in [4.69, 9.17) is 33.2 Å². The number of aryl methyl sites for hydroxylation is 2. The SMILES string of the molecule is CCOC(=O)C(C)(C)Cc1c(SC(C)(C)C)c2cc(O)ccc2n1Cc1ccc(-c2ccc(OCC)nc2)cc1.CCOC(=O)C(C)(C)Cc1c(SC(C)(C)C)c2cc(OCc3ccc(C)cn3)ccc2n1Cc1ccc(-c2ccc(OCC)nc2)cc1.CCOc1ccc(-c2ccc(Cn3c(CC(C)(C)C(C)=O)c(S(=O)C(C)(C)C)c4cc(OCc5ccc(C)cn5)ccc43)cc2)cn1. The summed E-state index contributed by atoms with van der Waals surface area (Å²) in [5.41, 5.74) is 17.6. The van der Waals surface area contributed by atoms with Crippen LogP contribution in [0.2, 0.25) is 0 Å². The Hall–Kier alpha value is -12.1. The van der Waals surface area contributed by atoms with Crippen molar-refractivity contribution in [3.8, 4) is 68.3 Å². The van der Waals surface area contributed by atoms with Gasteiger partial charge in [-0.15, -0.1) is 23.5 Å². The number of hydrogen-bond acceptors (Lipinski definition) is 19. The van der Waals surface area contributed by atoms with Gasteiger partial charge in [-0.25, -0.2) is 15.0 Å². The lowest BCUT2D eigenvalue weighted by Crippen LogP contribution is -2.30. The summed E-state index contributed by atoms with van der Waals surface area (Å²) in [5, 5.41) is 13.4. The third-order valence-corrected chi connectivity index (χ3v) is 27.5. The first-order valence-corrected chi connectivity index (χ1v) is 49.3. The molecule has 0 fully saturated rings. The molecule has 0 amide bonds. The van der Waals surface area contributed by atoms with Gasteiger partial charge in [0, 0.05) is 178 Å². The molecule has 20 nitrogen and oxygen atoms in total. The van der Waals surface area contributed by atoms with Crippen LogP contribution in [0.3, 0.4) is 0 Å². The van der Waals surface area contributed by atoms with E-state index < -0.39 is 31.8 Å². The number of hydrogen-bond donors (Lipinski definition) is 1. The molecule has 8 heterocycles. The van der Waals surface area contributed by atoms with Crippen LogP contribution in [0.5, 0.6) is 34.9 Å². The Bertz CT molecular complexity index is 6420. The van der Waals surface area contributed by atoms with Gasteiger partial charge in [0.1, 0.15) is 36.2 Å². The van der Waals surface area contributed by atoms with Crippen molar-refractivity contribution in [2.24, 2.45) is 16.2 Å². The van der Waals surface area contributed by atoms with Crippen molar-refractivity contribution in [3.63, 3.8) is 0 Å². The van der Waals surface area contributed by atoms with E-state index >= 15 is 0 Å². The highest BCUT2D eigenvalue weighted by Gasteiger charge is 2.38. The second-order valence-electron chi connectivity index (χ2n) is 38.9. The average Bonchev–Trinajstić information content (AvgIpc) is 1.15. The number of carbonyl (C=O) groups excluding carboxylic acids is 3. The normalized spacial score (nSPS) is 12.2. The predicted octanol–water partition coefficient (Wildman–Crippen LogP) is 25.8. The molecule has 14 aromatic rings. The molecule has 0 saturated carbocycles. The standard InChI is InChI=1S/C40H47N3O4S.C39H45N3O4S.C33H40N2O4S/c1-9-45-36-20-16-30(24-42-36)29-14-12-28(13-15-29)25-43-34-19-18-32(47-26-31-17-11-27(3)23-41-31)21-33(34)37(48-39(4,5)6)35(43)22-40(7,8)38(44)46-10-2;1-9-45-36-19-15-30(23-41-36)29-13-11-28(12-14-29)24-42-34-18-17-32(46-25-31-16-10-26(2)22-40-31)20-33(34)37(47(44)38(4,5)6)35(42)21-39(7,8)27(3)43;1-8-38-29-17-14-24(20-34-29)23-12-10-22(11-13-23)21-35-27-16-15-25(36)18-26(27)30(40-32(3,4)5)28(35)19-33(6,7)31(37)39-9-2/h11-21,23-24H,9-10,22,25-26H2,1-8H3;10-20,22-23H,9,21,24-25H2,1-8H3;10-18,20,36H,8-9,19,21H2,1-7H3. The van der Waals surface area contributed by atoms with E-state index in [1.54, 1.807) is 24.8 Å². The number of carbonyl (C=O) groups is 3. The molecule has 0 aliphatic carbocycles. The lowest BCUT2D eigenvalue weighted by Gasteiger charge is -2.26. The Morgan fingerprint density at radius 2 is 0.711 bits per heavy atom. The van der Waals surface area contributed by atoms with Crippen LogP contribution in [0.4, 0.5) is 0 Å². The van der Waals surface area contributed by atoms with Gasteiger partial charge in [0.2, 0.25) is 17.6 Å². The lowest BCUT2D eigenvalue weighted by molar-refractivity contribution is -0.154. The van der Waals surface area contributed by atoms with Crippen molar-refractivity contribution in [1.82, 2.24) is 38.6 Å². The monoisotopic (exact) mass is 1880 g/mol. The number of aromatic hydroxyl groups is 1. The largest absolute Gasteiger partial charge is 0.508 e. The van der Waals surface area contributed by atoms with Crippen molar-refractivity contribution in [2.75, 3.05) is 33.0 Å². The highest BCUT2D eigenvalue weighted by atomic mass is 32.2. The Balaban J connectivity index is 0.000000183. The molecular formula is C112H132N8O12S3. The van der Waals surface area contributed by atoms with Gasteiger partial charge in [-0.1, -0.05) is 140 Å². The molecule has 0 bridgehead atoms. The van der Waals surface area contributed by atoms with Gasteiger partial charge in [-0.3, -0.25) is 28.6 Å². The first-order valence-electron chi connectivity index (χ1n) is 46.5. The molecule has 0 spiro atoms. The summed E-state index contributed by atoms with van der Waals surface area (Å²) in [6, 6.07) is 63.1. The van der Waals surface area contributed by atoms with E-state index in [9.17, 15) is 23.7 Å². The molecule has 1 N–H and O–H groups in total. The summed E-state index contributed by atoms with van der Waals surface area (Å²) in [7, 11) is -1.37. The second-order valence-corrected chi connectivity index (χ2v) is 44.8. The summed E-state index contributed by atoms with van der Waals surface area (Å²) in [5.74, 6) is 3.21. The molecular weight excluding hydrogens is 1750 g/mol. The number of rotatable bonds is 35. The van der Waals surface area contributed by atoms with Crippen LogP contribution in [0.15, 0.2) is 234 Å². The number of benzene rings is 6. The minimum absolute atomic E-state index is 0.0687. The number of pyridine rings is 5. The minimum atomic E-state index is -1.37. The van der Waals surface area contributed by atoms with Gasteiger partial charge in [0.05, 0.1) is 76.5 Å².